The maximum Gasteiger partial charge on any atom is 0.222 e. The van der Waals surface area contributed by atoms with Crippen LogP contribution in [0.3, 0.4) is 0 Å². The molecule has 1 N–H and O–H groups in total. The van der Waals surface area contributed by atoms with Gasteiger partial charge in [-0.1, -0.05) is 86.6 Å². The first-order chi connectivity index (χ1) is 17.5. The van der Waals surface area contributed by atoms with Crippen LogP contribution in [0.4, 0.5) is 0 Å². The highest BCUT2D eigenvalue weighted by molar-refractivity contribution is 5.66. The molecule has 4 rings (SSSR count). The lowest BCUT2D eigenvalue weighted by molar-refractivity contribution is 0.101. The molecule has 0 amide bonds. The first kappa shape index (κ1) is 25.5. The number of hydrogen-bond acceptors (Lipinski definition) is 5. The maximum absolute atomic E-state index is 11.0. The molecule has 1 aromatic heterocycles. The molecular weight excluding hydrogens is 450 g/mol. The fraction of sp³-hybridized carbons (Fsp3) is 0.300. The van der Waals surface area contributed by atoms with Crippen LogP contribution in [-0.4, -0.2) is 40.0 Å². The molecule has 0 spiro atoms. The molecule has 3 aromatic carbocycles. The Labute approximate surface area is 213 Å². The number of aliphatic hydroxyl groups is 1. The third-order valence-electron chi connectivity index (χ3n) is 6.03. The molecule has 1 heterocycles. The number of nitrogens with zero attached hydrogens (tertiary/aromatic N) is 3. The van der Waals surface area contributed by atoms with Crippen LogP contribution in [0.2, 0.25) is 0 Å². The van der Waals surface area contributed by atoms with E-state index in [9.17, 15) is 5.11 Å². The van der Waals surface area contributed by atoms with Crippen molar-refractivity contribution in [1.29, 1.82) is 0 Å². The van der Waals surface area contributed by atoms with Crippen LogP contribution in [-0.2, 0) is 13.6 Å². The number of aliphatic hydroxyl groups excluding tert-OH is 1. The molecular formula is C30H35N3O3. The highest BCUT2D eigenvalue weighted by Gasteiger charge is 2.24. The van der Waals surface area contributed by atoms with Gasteiger partial charge in [-0.3, -0.25) is 4.90 Å². The molecule has 6 nitrogen and oxygen atoms in total. The zero-order valence-electron chi connectivity index (χ0n) is 21.5. The summed E-state index contributed by atoms with van der Waals surface area (Å²) >= 11 is 0. The zero-order chi connectivity index (χ0) is 25.5. The van der Waals surface area contributed by atoms with Crippen LogP contribution < -0.4 is 9.47 Å². The molecule has 1 atom stereocenters. The Morgan fingerprint density at radius 1 is 0.861 bits per heavy atom. The molecule has 4 aromatic rings. The summed E-state index contributed by atoms with van der Waals surface area (Å²) in [6, 6.07) is 27.6. The summed E-state index contributed by atoms with van der Waals surface area (Å²) in [7, 11) is 3.53. The van der Waals surface area contributed by atoms with E-state index in [2.05, 4.69) is 30.9 Å². The van der Waals surface area contributed by atoms with Crippen LogP contribution >= 0.6 is 0 Å². The van der Waals surface area contributed by atoms with E-state index in [1.165, 1.54) is 0 Å². The average Bonchev–Trinajstić information content (AvgIpc) is 3.19. The first-order valence-corrected chi connectivity index (χ1v) is 12.3. The van der Waals surface area contributed by atoms with Gasteiger partial charge in [-0.25, -0.2) is 4.68 Å². The van der Waals surface area contributed by atoms with Crippen molar-refractivity contribution in [3.63, 3.8) is 0 Å². The molecule has 188 valence electrons. The van der Waals surface area contributed by atoms with Gasteiger partial charge in [-0.15, -0.1) is 0 Å². The topological polar surface area (TPSA) is 59.8 Å². The molecule has 0 saturated carbocycles. The molecule has 6 heteroatoms. The SMILES string of the molecule is COc1ccccc1Oc1c(CN(CC(C)C)CC(O)c2ccccc2)c(-c2ccccc2)nn1C. The van der Waals surface area contributed by atoms with Gasteiger partial charge in [0, 0.05) is 32.2 Å². The van der Waals surface area contributed by atoms with Gasteiger partial charge in [0.15, 0.2) is 11.5 Å². The van der Waals surface area contributed by atoms with Gasteiger partial charge < -0.3 is 14.6 Å². The molecule has 0 aliphatic carbocycles. The summed E-state index contributed by atoms with van der Waals surface area (Å²) in [4.78, 5) is 2.28. The maximum atomic E-state index is 11.0. The van der Waals surface area contributed by atoms with Crippen LogP contribution in [0.5, 0.6) is 17.4 Å². The molecule has 0 fully saturated rings. The van der Waals surface area contributed by atoms with Crippen molar-refractivity contribution in [2.24, 2.45) is 13.0 Å². The summed E-state index contributed by atoms with van der Waals surface area (Å²) in [5, 5.41) is 15.9. The van der Waals surface area contributed by atoms with E-state index in [1.807, 2.05) is 79.8 Å². The monoisotopic (exact) mass is 485 g/mol. The summed E-state index contributed by atoms with van der Waals surface area (Å²) < 4.78 is 13.8. The largest absolute Gasteiger partial charge is 0.493 e. The quantitative estimate of drug-likeness (QED) is 0.279. The van der Waals surface area contributed by atoms with Gasteiger partial charge >= 0.3 is 0 Å². The van der Waals surface area contributed by atoms with Crippen LogP contribution in [0.25, 0.3) is 11.3 Å². The lowest BCUT2D eigenvalue weighted by Gasteiger charge is -2.27. The van der Waals surface area contributed by atoms with Crippen molar-refractivity contribution < 1.29 is 14.6 Å². The number of benzene rings is 3. The van der Waals surface area contributed by atoms with Crippen molar-refractivity contribution >= 4 is 0 Å². The van der Waals surface area contributed by atoms with Crippen molar-refractivity contribution in [2.45, 2.75) is 26.5 Å². The van der Waals surface area contributed by atoms with E-state index < -0.39 is 6.10 Å². The lowest BCUT2D eigenvalue weighted by atomic mass is 10.1. The predicted molar refractivity (Wildman–Crippen MR) is 143 cm³/mol. The van der Waals surface area contributed by atoms with Gasteiger partial charge in [-0.2, -0.15) is 5.10 Å². The summed E-state index contributed by atoms with van der Waals surface area (Å²) in [6.45, 7) is 6.27. The average molecular weight is 486 g/mol. The minimum atomic E-state index is -0.597. The molecule has 0 radical (unpaired) electrons. The van der Waals surface area contributed by atoms with Crippen molar-refractivity contribution in [3.8, 4) is 28.6 Å². The van der Waals surface area contributed by atoms with E-state index in [1.54, 1.807) is 11.8 Å². The Morgan fingerprint density at radius 3 is 2.11 bits per heavy atom. The minimum Gasteiger partial charge on any atom is -0.493 e. The number of aromatic nitrogens is 2. The normalized spacial score (nSPS) is 12.2. The Kier molecular flexibility index (Phi) is 8.41. The van der Waals surface area contributed by atoms with Crippen LogP contribution in [0, 0.1) is 5.92 Å². The molecule has 36 heavy (non-hydrogen) atoms. The number of hydrogen-bond donors (Lipinski definition) is 1. The lowest BCUT2D eigenvalue weighted by Crippen LogP contribution is -2.32. The third kappa shape index (κ3) is 6.14. The first-order valence-electron chi connectivity index (χ1n) is 12.3. The zero-order valence-corrected chi connectivity index (χ0v) is 21.5. The van der Waals surface area contributed by atoms with E-state index in [4.69, 9.17) is 14.6 Å². The molecule has 0 bridgehead atoms. The summed E-state index contributed by atoms with van der Waals surface area (Å²) in [6.07, 6.45) is -0.597. The van der Waals surface area contributed by atoms with Gasteiger partial charge in [0.05, 0.1) is 18.8 Å². The van der Waals surface area contributed by atoms with E-state index in [0.29, 0.717) is 36.4 Å². The number of methoxy groups -OCH3 is 1. The van der Waals surface area contributed by atoms with E-state index in [0.717, 1.165) is 28.9 Å². The van der Waals surface area contributed by atoms with Crippen molar-refractivity contribution in [2.75, 3.05) is 20.2 Å². The smallest absolute Gasteiger partial charge is 0.222 e. The Balaban J connectivity index is 1.73. The second kappa shape index (κ2) is 11.9. The Bertz CT molecular complexity index is 1240. The van der Waals surface area contributed by atoms with Gasteiger partial charge in [0.1, 0.15) is 5.69 Å². The summed E-state index contributed by atoms with van der Waals surface area (Å²) in [5.41, 5.74) is 3.76. The van der Waals surface area contributed by atoms with Gasteiger partial charge in [-0.05, 0) is 23.6 Å². The molecule has 1 unspecified atom stereocenters. The summed E-state index contributed by atoms with van der Waals surface area (Å²) in [5.74, 6) is 2.36. The van der Waals surface area contributed by atoms with Crippen LogP contribution in [0.1, 0.15) is 31.1 Å². The molecule has 0 aliphatic heterocycles. The standard InChI is InChI=1S/C30H35N3O3/c1-22(2)19-33(21-26(34)23-13-7-5-8-14-23)20-25-29(24-15-9-6-10-16-24)31-32(3)30(25)36-28-18-12-11-17-27(28)35-4/h5-18,22,26,34H,19-21H2,1-4H3. The van der Waals surface area contributed by atoms with Crippen LogP contribution in [0.15, 0.2) is 84.9 Å². The second-order valence-corrected chi connectivity index (χ2v) is 9.39. The molecule has 0 aliphatic rings. The number of aryl methyl sites for hydroxylation is 1. The Hall–Kier alpha value is -3.61. The fourth-order valence-corrected chi connectivity index (χ4v) is 4.43. The third-order valence-corrected chi connectivity index (χ3v) is 6.03. The molecule has 0 saturated heterocycles. The van der Waals surface area contributed by atoms with Gasteiger partial charge in [0.2, 0.25) is 5.88 Å². The highest BCUT2D eigenvalue weighted by Crippen LogP contribution is 2.37. The predicted octanol–water partition coefficient (Wildman–Crippen LogP) is 6.08. The number of ether oxygens (including phenoxy) is 2. The number of para-hydroxylation sites is 2. The van der Waals surface area contributed by atoms with Crippen molar-refractivity contribution in [3.05, 3.63) is 96.1 Å². The van der Waals surface area contributed by atoms with Gasteiger partial charge in [0.25, 0.3) is 0 Å². The highest BCUT2D eigenvalue weighted by atomic mass is 16.5. The Morgan fingerprint density at radius 2 is 1.47 bits per heavy atom. The minimum absolute atomic E-state index is 0.420. The van der Waals surface area contributed by atoms with E-state index in [-0.39, 0.29) is 0 Å². The van der Waals surface area contributed by atoms with E-state index >= 15 is 0 Å². The fourth-order valence-electron chi connectivity index (χ4n) is 4.43. The van der Waals surface area contributed by atoms with Crippen molar-refractivity contribution in [1.82, 2.24) is 14.7 Å². The number of rotatable bonds is 11. The second-order valence-electron chi connectivity index (χ2n) is 9.39.